The van der Waals surface area contributed by atoms with Gasteiger partial charge in [-0.3, -0.25) is 10.4 Å². The zero-order valence-corrected chi connectivity index (χ0v) is 11.8. The van der Waals surface area contributed by atoms with Crippen molar-refractivity contribution >= 4 is 22.6 Å². The third-order valence-corrected chi connectivity index (χ3v) is 4.50. The fourth-order valence-electron chi connectivity index (χ4n) is 2.54. The fourth-order valence-corrected chi connectivity index (χ4v) is 3.38. The highest BCUT2D eigenvalue weighted by molar-refractivity contribution is 8.14. The molecule has 1 fully saturated rings. The highest BCUT2D eigenvalue weighted by Gasteiger charge is 2.16. The maximum absolute atomic E-state index is 4.78. The normalized spacial score (nSPS) is 22.9. The lowest BCUT2D eigenvalue weighted by Crippen LogP contribution is -2.27. The van der Waals surface area contributed by atoms with Gasteiger partial charge in [0.2, 0.25) is 0 Å². The molecule has 0 amide bonds. The number of nitrogens with zero attached hydrogens (tertiary/aromatic N) is 2. The summed E-state index contributed by atoms with van der Waals surface area (Å²) in [6, 6.07) is 10.8. The van der Waals surface area contributed by atoms with Gasteiger partial charge < -0.3 is 0 Å². The minimum atomic E-state index is 0.511. The molecule has 3 nitrogen and oxygen atoms in total. The first-order valence-electron chi connectivity index (χ1n) is 7.00. The van der Waals surface area contributed by atoms with Crippen molar-refractivity contribution in [2.75, 3.05) is 5.75 Å². The van der Waals surface area contributed by atoms with Gasteiger partial charge in [-0.05, 0) is 18.4 Å². The first kappa shape index (κ1) is 12.7. The van der Waals surface area contributed by atoms with Gasteiger partial charge >= 0.3 is 0 Å². The van der Waals surface area contributed by atoms with Crippen LogP contribution in [0.5, 0.6) is 0 Å². The van der Waals surface area contributed by atoms with E-state index in [-0.39, 0.29) is 0 Å². The van der Waals surface area contributed by atoms with Crippen molar-refractivity contribution in [2.24, 2.45) is 10.1 Å². The maximum atomic E-state index is 4.78. The monoisotopic (exact) mass is 273 g/mol. The first-order chi connectivity index (χ1) is 9.42. The highest BCUT2D eigenvalue weighted by Crippen LogP contribution is 2.22. The fraction of sp³-hybridized carbons (Fsp3) is 0.467. The van der Waals surface area contributed by atoms with Gasteiger partial charge in [0.05, 0.1) is 11.8 Å². The number of thioether (sulfide) groups is 1. The van der Waals surface area contributed by atoms with Crippen LogP contribution < -0.4 is 5.43 Å². The Kier molecular flexibility index (Phi) is 4.18. The van der Waals surface area contributed by atoms with Crippen LogP contribution in [-0.2, 0) is 0 Å². The molecule has 1 aliphatic heterocycles. The second-order valence-electron chi connectivity index (χ2n) is 5.05. The largest absolute Gasteiger partial charge is 0.258 e. The number of benzene rings is 1. The third kappa shape index (κ3) is 3.38. The zero-order chi connectivity index (χ0) is 12.9. The Morgan fingerprint density at radius 3 is 2.58 bits per heavy atom. The van der Waals surface area contributed by atoms with Crippen molar-refractivity contribution in [1.29, 1.82) is 0 Å². The highest BCUT2D eigenvalue weighted by atomic mass is 32.2. The van der Waals surface area contributed by atoms with Gasteiger partial charge in [0.25, 0.3) is 0 Å². The van der Waals surface area contributed by atoms with Crippen LogP contribution in [0.1, 0.15) is 37.7 Å². The van der Waals surface area contributed by atoms with Crippen LogP contribution in [-0.4, -0.2) is 22.7 Å². The average Bonchev–Trinajstić information content (AvgIpc) is 2.50. The lowest BCUT2D eigenvalue weighted by molar-refractivity contribution is 0.443. The second-order valence-corrected chi connectivity index (χ2v) is 6.02. The Morgan fingerprint density at radius 1 is 1.11 bits per heavy atom. The minimum Gasteiger partial charge on any atom is -0.258 e. The van der Waals surface area contributed by atoms with E-state index in [1.807, 2.05) is 18.2 Å². The predicted octanol–water partition coefficient (Wildman–Crippen LogP) is 3.42. The van der Waals surface area contributed by atoms with Gasteiger partial charge in [0.1, 0.15) is 0 Å². The number of rotatable bonds is 2. The molecule has 100 valence electrons. The number of hydrogen-bond acceptors (Lipinski definition) is 3. The molecule has 1 aromatic carbocycles. The molecule has 0 atom stereocenters. The van der Waals surface area contributed by atoms with E-state index in [1.165, 1.54) is 37.7 Å². The van der Waals surface area contributed by atoms with E-state index < -0.39 is 0 Å². The van der Waals surface area contributed by atoms with Crippen molar-refractivity contribution in [2.45, 2.75) is 38.1 Å². The van der Waals surface area contributed by atoms with Crippen LogP contribution in [0.2, 0.25) is 0 Å². The number of aliphatic imine (C=N–C) groups is 1. The Labute approximate surface area is 118 Å². The summed E-state index contributed by atoms with van der Waals surface area (Å²) in [7, 11) is 0. The smallest absolute Gasteiger partial charge is 0.177 e. The summed E-state index contributed by atoms with van der Waals surface area (Å²) in [6.07, 6.45) is 6.50. The van der Waals surface area contributed by atoms with Crippen molar-refractivity contribution in [3.8, 4) is 0 Å². The maximum Gasteiger partial charge on any atom is 0.177 e. The van der Waals surface area contributed by atoms with Gasteiger partial charge in [-0.2, -0.15) is 5.10 Å². The molecule has 0 aromatic heterocycles. The van der Waals surface area contributed by atoms with Crippen LogP contribution in [0.3, 0.4) is 0 Å². The lowest BCUT2D eigenvalue weighted by Gasteiger charge is -2.20. The molecule has 1 heterocycles. The SMILES string of the molecule is c1ccc(C2=NNC(=NC3CCCCC3)SC2)cc1. The van der Waals surface area contributed by atoms with Crippen LogP contribution >= 0.6 is 11.8 Å². The van der Waals surface area contributed by atoms with Crippen molar-refractivity contribution in [1.82, 2.24) is 5.43 Å². The number of hydrazone groups is 1. The van der Waals surface area contributed by atoms with E-state index in [4.69, 9.17) is 4.99 Å². The van der Waals surface area contributed by atoms with Gasteiger partial charge in [-0.1, -0.05) is 61.4 Å². The molecule has 0 bridgehead atoms. The molecule has 3 rings (SSSR count). The Bertz CT molecular complexity index is 475. The summed E-state index contributed by atoms with van der Waals surface area (Å²) >= 11 is 1.77. The molecule has 0 unspecified atom stereocenters. The van der Waals surface area contributed by atoms with Crippen LogP contribution in [0.4, 0.5) is 0 Å². The van der Waals surface area contributed by atoms with E-state index in [0.717, 1.165) is 16.6 Å². The average molecular weight is 273 g/mol. The van der Waals surface area contributed by atoms with Gasteiger partial charge in [-0.15, -0.1) is 0 Å². The number of nitrogens with one attached hydrogen (secondary N) is 1. The van der Waals surface area contributed by atoms with Crippen molar-refractivity contribution < 1.29 is 0 Å². The Balaban J connectivity index is 1.64. The third-order valence-electron chi connectivity index (χ3n) is 3.61. The summed E-state index contributed by atoms with van der Waals surface area (Å²) in [5, 5.41) is 5.45. The standard InChI is InChI=1S/C15H19N3S/c1-3-7-12(8-4-1)14-11-19-15(18-17-14)16-13-9-5-2-6-10-13/h1,3-4,7-8,13H,2,5-6,9-11H2,(H,16,18). The van der Waals surface area contributed by atoms with Crippen LogP contribution in [0.25, 0.3) is 0 Å². The molecule has 1 aliphatic carbocycles. The quantitative estimate of drug-likeness (QED) is 0.896. The number of amidine groups is 1. The van der Waals surface area contributed by atoms with E-state index in [0.29, 0.717) is 6.04 Å². The van der Waals surface area contributed by atoms with E-state index in [9.17, 15) is 0 Å². The molecular weight excluding hydrogens is 254 g/mol. The molecule has 1 saturated carbocycles. The van der Waals surface area contributed by atoms with Gasteiger partial charge in [0.15, 0.2) is 5.17 Å². The second kappa shape index (κ2) is 6.24. The first-order valence-corrected chi connectivity index (χ1v) is 7.99. The van der Waals surface area contributed by atoms with E-state index in [1.54, 1.807) is 11.8 Å². The van der Waals surface area contributed by atoms with Crippen LogP contribution in [0.15, 0.2) is 40.4 Å². The van der Waals surface area contributed by atoms with Crippen molar-refractivity contribution in [3.63, 3.8) is 0 Å². The topological polar surface area (TPSA) is 36.8 Å². The van der Waals surface area contributed by atoms with Gasteiger partial charge in [-0.25, -0.2) is 0 Å². The summed E-state index contributed by atoms with van der Waals surface area (Å²) in [4.78, 5) is 4.78. The minimum absolute atomic E-state index is 0.511. The molecule has 19 heavy (non-hydrogen) atoms. The van der Waals surface area contributed by atoms with E-state index >= 15 is 0 Å². The van der Waals surface area contributed by atoms with Crippen molar-refractivity contribution in [3.05, 3.63) is 35.9 Å². The molecule has 0 spiro atoms. The molecule has 2 aliphatic rings. The molecule has 1 aromatic rings. The molecule has 1 N–H and O–H groups in total. The lowest BCUT2D eigenvalue weighted by atomic mass is 9.96. The predicted molar refractivity (Wildman–Crippen MR) is 82.9 cm³/mol. The number of hydrogen-bond donors (Lipinski definition) is 1. The summed E-state index contributed by atoms with van der Waals surface area (Å²) in [5.74, 6) is 0.905. The Morgan fingerprint density at radius 2 is 1.89 bits per heavy atom. The Hall–Kier alpha value is -1.29. The van der Waals surface area contributed by atoms with E-state index in [2.05, 4.69) is 22.7 Å². The summed E-state index contributed by atoms with van der Waals surface area (Å²) in [6.45, 7) is 0. The van der Waals surface area contributed by atoms with Gasteiger partial charge in [0, 0.05) is 5.75 Å². The zero-order valence-electron chi connectivity index (χ0n) is 11.0. The molecular formula is C15H19N3S. The molecule has 0 saturated heterocycles. The molecule has 0 radical (unpaired) electrons. The van der Waals surface area contributed by atoms with Crippen LogP contribution in [0, 0.1) is 0 Å². The molecule has 4 heteroatoms. The summed E-state index contributed by atoms with van der Waals surface area (Å²) in [5.41, 5.74) is 5.41. The summed E-state index contributed by atoms with van der Waals surface area (Å²) < 4.78 is 0.